The van der Waals surface area contributed by atoms with Gasteiger partial charge in [-0.1, -0.05) is 23.2 Å². The van der Waals surface area contributed by atoms with Gasteiger partial charge in [0.2, 0.25) is 0 Å². The summed E-state index contributed by atoms with van der Waals surface area (Å²) in [6.45, 7) is 0. The maximum absolute atomic E-state index is 11.8. The zero-order chi connectivity index (χ0) is 11.6. The van der Waals surface area contributed by atoms with Crippen molar-refractivity contribution in [2.45, 2.75) is 0 Å². The molecule has 1 rings (SSSR count). The smallest absolute Gasteiger partial charge is 0.257 e. The third-order valence-electron chi connectivity index (χ3n) is 1.85. The number of benzene rings is 1. The topological polar surface area (TPSA) is 29.5 Å². The van der Waals surface area contributed by atoms with Crippen LogP contribution in [-0.2, 0) is 0 Å². The van der Waals surface area contributed by atoms with Crippen LogP contribution in [0, 0.1) is 0 Å². The predicted molar refractivity (Wildman–Crippen MR) is 61.0 cm³/mol. The molecule has 15 heavy (non-hydrogen) atoms. The van der Waals surface area contributed by atoms with Gasteiger partial charge in [-0.3, -0.25) is 4.79 Å². The van der Waals surface area contributed by atoms with Gasteiger partial charge in [0, 0.05) is 19.1 Å². The van der Waals surface area contributed by atoms with E-state index in [0.29, 0.717) is 21.4 Å². The van der Waals surface area contributed by atoms with E-state index in [9.17, 15) is 4.79 Å². The van der Waals surface area contributed by atoms with Gasteiger partial charge >= 0.3 is 0 Å². The molecule has 0 atom stereocenters. The molecule has 0 aliphatic heterocycles. The second-order valence-corrected chi connectivity index (χ2v) is 4.01. The molecule has 0 bridgehead atoms. The molecule has 0 saturated heterocycles. The Morgan fingerprint density at radius 2 is 1.93 bits per heavy atom. The third kappa shape index (κ3) is 2.55. The van der Waals surface area contributed by atoms with Gasteiger partial charge in [-0.15, -0.1) is 0 Å². The summed E-state index contributed by atoms with van der Waals surface area (Å²) in [5, 5.41) is 0.737. The van der Waals surface area contributed by atoms with Gasteiger partial charge in [-0.2, -0.15) is 0 Å². The van der Waals surface area contributed by atoms with Crippen LogP contribution >= 0.6 is 23.2 Å². The highest BCUT2D eigenvalue weighted by atomic mass is 35.5. The molecule has 1 amide bonds. The Hall–Kier alpha value is -0.930. The van der Waals surface area contributed by atoms with Crippen LogP contribution in [0.2, 0.25) is 10.0 Å². The Labute approximate surface area is 98.5 Å². The molecule has 0 fully saturated rings. The minimum Gasteiger partial charge on any atom is -0.494 e. The molecule has 0 aliphatic carbocycles. The number of nitrogens with zero attached hydrogens (tertiary/aromatic N) is 1. The summed E-state index contributed by atoms with van der Waals surface area (Å²) in [5.74, 6) is 0.149. The third-order valence-corrected chi connectivity index (χ3v) is 2.35. The number of rotatable bonds is 2. The molecule has 5 heteroatoms. The van der Waals surface area contributed by atoms with E-state index < -0.39 is 0 Å². The van der Waals surface area contributed by atoms with Crippen molar-refractivity contribution in [3.8, 4) is 5.75 Å². The van der Waals surface area contributed by atoms with Crippen LogP contribution in [0.15, 0.2) is 12.1 Å². The van der Waals surface area contributed by atoms with Gasteiger partial charge in [-0.05, 0) is 12.1 Å². The van der Waals surface area contributed by atoms with E-state index in [1.54, 1.807) is 14.1 Å². The monoisotopic (exact) mass is 247 g/mol. The summed E-state index contributed by atoms with van der Waals surface area (Å²) in [6.07, 6.45) is 0. The lowest BCUT2D eigenvalue weighted by Gasteiger charge is -2.14. The Morgan fingerprint density at radius 3 is 2.40 bits per heavy atom. The molecule has 0 aromatic heterocycles. The molecule has 1 aromatic rings. The lowest BCUT2D eigenvalue weighted by atomic mass is 10.2. The van der Waals surface area contributed by atoms with E-state index >= 15 is 0 Å². The maximum Gasteiger partial charge on any atom is 0.257 e. The van der Waals surface area contributed by atoms with E-state index in [1.807, 2.05) is 0 Å². The molecule has 0 spiro atoms. The number of ether oxygens (including phenoxy) is 1. The largest absolute Gasteiger partial charge is 0.494 e. The van der Waals surface area contributed by atoms with Crippen LogP contribution in [0.3, 0.4) is 0 Å². The number of halogens is 2. The van der Waals surface area contributed by atoms with Gasteiger partial charge in [0.1, 0.15) is 5.75 Å². The first-order chi connectivity index (χ1) is 6.97. The standard InChI is InChI=1S/C10H11Cl2NO2/c1-13(2)10(14)7-4-6(11)5-8(12)9(7)15-3/h4-5H,1-3H3. The normalized spacial score (nSPS) is 9.93. The number of carbonyl (C=O) groups excluding carboxylic acids is 1. The Kier molecular flexibility index (Phi) is 3.83. The lowest BCUT2D eigenvalue weighted by molar-refractivity contribution is 0.0824. The van der Waals surface area contributed by atoms with Crippen molar-refractivity contribution in [2.24, 2.45) is 0 Å². The first-order valence-electron chi connectivity index (χ1n) is 4.22. The molecule has 1 aromatic carbocycles. The van der Waals surface area contributed by atoms with E-state index in [4.69, 9.17) is 27.9 Å². The van der Waals surface area contributed by atoms with Crippen molar-refractivity contribution in [1.82, 2.24) is 4.90 Å². The zero-order valence-electron chi connectivity index (χ0n) is 8.67. The molecule has 0 radical (unpaired) electrons. The molecular weight excluding hydrogens is 237 g/mol. The van der Waals surface area contributed by atoms with Crippen LogP contribution in [0.5, 0.6) is 5.75 Å². The van der Waals surface area contributed by atoms with Crippen LogP contribution in [-0.4, -0.2) is 32.0 Å². The van der Waals surface area contributed by atoms with Gasteiger partial charge in [-0.25, -0.2) is 0 Å². The second kappa shape index (κ2) is 4.73. The number of hydrogen-bond donors (Lipinski definition) is 0. The molecule has 3 nitrogen and oxygen atoms in total. The van der Waals surface area contributed by atoms with Gasteiger partial charge in [0.25, 0.3) is 5.91 Å². The zero-order valence-corrected chi connectivity index (χ0v) is 10.2. The summed E-state index contributed by atoms with van der Waals surface area (Å²) >= 11 is 11.7. The Balaban J connectivity index is 3.32. The fourth-order valence-electron chi connectivity index (χ4n) is 1.17. The van der Waals surface area contributed by atoms with Gasteiger partial charge in [0.05, 0.1) is 17.7 Å². The van der Waals surface area contributed by atoms with Crippen molar-refractivity contribution in [1.29, 1.82) is 0 Å². The highest BCUT2D eigenvalue weighted by molar-refractivity contribution is 6.36. The summed E-state index contributed by atoms with van der Waals surface area (Å²) in [6, 6.07) is 3.07. The number of amides is 1. The summed E-state index contributed by atoms with van der Waals surface area (Å²) in [7, 11) is 4.76. The quantitative estimate of drug-likeness (QED) is 0.805. The SMILES string of the molecule is COc1c(Cl)cc(Cl)cc1C(=O)N(C)C. The average molecular weight is 248 g/mol. The van der Waals surface area contributed by atoms with Crippen LogP contribution in [0.1, 0.15) is 10.4 Å². The van der Waals surface area contributed by atoms with E-state index in [-0.39, 0.29) is 5.91 Å². The van der Waals surface area contributed by atoms with Crippen LogP contribution in [0.25, 0.3) is 0 Å². The van der Waals surface area contributed by atoms with Crippen LogP contribution in [0.4, 0.5) is 0 Å². The fourth-order valence-corrected chi connectivity index (χ4v) is 1.74. The van der Waals surface area contributed by atoms with Gasteiger partial charge in [0.15, 0.2) is 0 Å². The lowest BCUT2D eigenvalue weighted by Crippen LogP contribution is -2.22. The van der Waals surface area contributed by atoms with Crippen LogP contribution < -0.4 is 4.74 Å². The molecule has 82 valence electrons. The summed E-state index contributed by atoms with van der Waals surface area (Å²) in [5.41, 5.74) is 0.361. The Bertz CT molecular complexity index is 391. The predicted octanol–water partition coefficient (Wildman–Crippen LogP) is 2.70. The average Bonchev–Trinajstić information content (AvgIpc) is 2.15. The number of carbonyl (C=O) groups is 1. The second-order valence-electron chi connectivity index (χ2n) is 3.17. The maximum atomic E-state index is 11.8. The Morgan fingerprint density at radius 1 is 1.33 bits per heavy atom. The van der Waals surface area contributed by atoms with Crippen molar-refractivity contribution in [3.63, 3.8) is 0 Å². The van der Waals surface area contributed by atoms with Crippen molar-refractivity contribution in [2.75, 3.05) is 21.2 Å². The minimum atomic E-state index is -0.198. The van der Waals surface area contributed by atoms with Crippen molar-refractivity contribution in [3.05, 3.63) is 27.7 Å². The first-order valence-corrected chi connectivity index (χ1v) is 4.97. The highest BCUT2D eigenvalue weighted by Crippen LogP contribution is 2.32. The van der Waals surface area contributed by atoms with E-state index in [0.717, 1.165) is 0 Å². The molecule has 0 heterocycles. The molecule has 0 N–H and O–H groups in total. The summed E-state index contributed by atoms with van der Waals surface area (Å²) in [4.78, 5) is 13.2. The molecule has 0 unspecified atom stereocenters. The van der Waals surface area contributed by atoms with Crippen molar-refractivity contribution >= 4 is 29.1 Å². The van der Waals surface area contributed by atoms with E-state index in [1.165, 1.54) is 24.1 Å². The van der Waals surface area contributed by atoms with Gasteiger partial charge < -0.3 is 9.64 Å². The number of hydrogen-bond acceptors (Lipinski definition) is 2. The minimum absolute atomic E-state index is 0.198. The number of methoxy groups -OCH3 is 1. The van der Waals surface area contributed by atoms with E-state index in [2.05, 4.69) is 0 Å². The highest BCUT2D eigenvalue weighted by Gasteiger charge is 2.17. The molecule has 0 saturated carbocycles. The van der Waals surface area contributed by atoms with Crippen molar-refractivity contribution < 1.29 is 9.53 Å². The summed E-state index contributed by atoms with van der Waals surface area (Å²) < 4.78 is 5.06. The molecular formula is C10H11Cl2NO2. The molecule has 0 aliphatic rings. The fraction of sp³-hybridized carbons (Fsp3) is 0.300. The first kappa shape index (κ1) is 12.1.